The summed E-state index contributed by atoms with van der Waals surface area (Å²) in [4.78, 5) is 13.5. The minimum atomic E-state index is -0.162. The zero-order valence-electron chi connectivity index (χ0n) is 22.7. The first-order valence-corrected chi connectivity index (χ1v) is 13.8. The smallest absolute Gasteiger partial charge is 0.247 e. The van der Waals surface area contributed by atoms with Gasteiger partial charge in [0.1, 0.15) is 6.61 Å². The molecule has 5 aromatic rings. The van der Waals surface area contributed by atoms with E-state index < -0.39 is 0 Å². The van der Waals surface area contributed by atoms with Crippen LogP contribution in [0.4, 0.5) is 5.95 Å². The van der Waals surface area contributed by atoms with E-state index in [4.69, 9.17) is 24.7 Å². The Hall–Kier alpha value is -4.31. The van der Waals surface area contributed by atoms with Gasteiger partial charge in [0.25, 0.3) is 0 Å². The van der Waals surface area contributed by atoms with Crippen molar-refractivity contribution < 1.29 is 18.9 Å². The number of hydrogen-bond acceptors (Lipinski definition) is 8. The third-order valence-corrected chi connectivity index (χ3v) is 7.25. The molecule has 2 N–H and O–H groups in total. The van der Waals surface area contributed by atoms with Crippen LogP contribution in [-0.2, 0) is 34.0 Å². The molecule has 0 unspecified atom stereocenters. The maximum atomic E-state index is 6.30. The molecule has 1 aliphatic heterocycles. The predicted octanol–water partition coefficient (Wildman–Crippen LogP) is 4.98. The standard InChI is InChI=1S/C32H33N5O4/c33-32-35-30-29(31(36-32)41-18-25-14-8-3-9-15-25)34-22-37(30)27-20-40-28(21-39-17-24-12-6-2-7-13-24)26(27)19-38-16-23-10-4-1-5-11-23/h1-15,22,26-28H,16-21H2,(H2,33,35,36)/t26-,27+,28+/m1/s1. The number of nitrogen functional groups attached to an aromatic ring is 1. The van der Waals surface area contributed by atoms with Gasteiger partial charge in [0, 0.05) is 5.92 Å². The number of nitrogens with two attached hydrogens (primary N) is 1. The van der Waals surface area contributed by atoms with Crippen molar-refractivity contribution in [2.75, 3.05) is 25.6 Å². The summed E-state index contributed by atoms with van der Waals surface area (Å²) in [6, 6.07) is 30.1. The summed E-state index contributed by atoms with van der Waals surface area (Å²) < 4.78 is 26.7. The third kappa shape index (κ3) is 6.54. The van der Waals surface area contributed by atoms with Crippen LogP contribution in [0.25, 0.3) is 11.2 Å². The summed E-state index contributed by atoms with van der Waals surface area (Å²) >= 11 is 0. The van der Waals surface area contributed by atoms with E-state index in [0.29, 0.717) is 56.7 Å². The van der Waals surface area contributed by atoms with Gasteiger partial charge in [0.15, 0.2) is 11.2 Å². The lowest BCUT2D eigenvalue weighted by atomic mass is 9.98. The topological polar surface area (TPSA) is 107 Å². The number of benzene rings is 3. The van der Waals surface area contributed by atoms with Crippen molar-refractivity contribution in [3.8, 4) is 5.88 Å². The van der Waals surface area contributed by atoms with E-state index in [0.717, 1.165) is 16.7 Å². The van der Waals surface area contributed by atoms with E-state index >= 15 is 0 Å². The van der Waals surface area contributed by atoms with Crippen molar-refractivity contribution >= 4 is 17.1 Å². The van der Waals surface area contributed by atoms with Gasteiger partial charge in [-0.15, -0.1) is 0 Å². The van der Waals surface area contributed by atoms with E-state index in [-0.39, 0.29) is 24.0 Å². The summed E-state index contributed by atoms with van der Waals surface area (Å²) in [5.41, 5.74) is 10.6. The highest BCUT2D eigenvalue weighted by molar-refractivity contribution is 5.77. The van der Waals surface area contributed by atoms with Gasteiger partial charge in [0.05, 0.1) is 51.5 Å². The number of fused-ring (bicyclic) bond motifs is 1. The molecule has 9 heteroatoms. The van der Waals surface area contributed by atoms with Crippen molar-refractivity contribution in [3.63, 3.8) is 0 Å². The van der Waals surface area contributed by atoms with Gasteiger partial charge in [-0.3, -0.25) is 0 Å². The monoisotopic (exact) mass is 551 g/mol. The first-order valence-electron chi connectivity index (χ1n) is 13.8. The largest absolute Gasteiger partial charge is 0.471 e. The Bertz CT molecular complexity index is 1530. The van der Waals surface area contributed by atoms with Crippen LogP contribution in [0.5, 0.6) is 5.88 Å². The SMILES string of the molecule is Nc1nc(OCc2ccccc2)c2ncn([C@H]3CO[C@@H](COCc4ccccc4)[C@@H]3COCc3ccccc3)c2n1. The molecule has 2 aromatic heterocycles. The third-order valence-electron chi connectivity index (χ3n) is 7.25. The molecule has 1 saturated heterocycles. The number of nitrogens with zero attached hydrogens (tertiary/aromatic N) is 4. The quantitative estimate of drug-likeness (QED) is 0.232. The fourth-order valence-corrected chi connectivity index (χ4v) is 5.12. The van der Waals surface area contributed by atoms with Crippen LogP contribution in [0.1, 0.15) is 22.7 Å². The first-order chi connectivity index (χ1) is 20.2. The van der Waals surface area contributed by atoms with Crippen LogP contribution >= 0.6 is 0 Å². The zero-order valence-corrected chi connectivity index (χ0v) is 22.7. The highest BCUT2D eigenvalue weighted by atomic mass is 16.5. The van der Waals surface area contributed by atoms with Crippen LogP contribution in [0.2, 0.25) is 0 Å². The van der Waals surface area contributed by atoms with E-state index in [1.54, 1.807) is 6.33 Å². The molecule has 3 aromatic carbocycles. The van der Waals surface area contributed by atoms with Crippen molar-refractivity contribution in [3.05, 3.63) is 114 Å². The normalized spacial score (nSPS) is 18.6. The molecular formula is C32H33N5O4. The lowest BCUT2D eigenvalue weighted by Gasteiger charge is -2.24. The average molecular weight is 552 g/mol. The average Bonchev–Trinajstić information content (AvgIpc) is 3.61. The highest BCUT2D eigenvalue weighted by Crippen LogP contribution is 2.35. The maximum Gasteiger partial charge on any atom is 0.247 e. The summed E-state index contributed by atoms with van der Waals surface area (Å²) in [5, 5.41) is 0. The van der Waals surface area contributed by atoms with Gasteiger partial charge in [-0.2, -0.15) is 9.97 Å². The lowest BCUT2D eigenvalue weighted by molar-refractivity contribution is -0.0239. The summed E-state index contributed by atoms with van der Waals surface area (Å²) in [5.74, 6) is 0.478. The summed E-state index contributed by atoms with van der Waals surface area (Å²) in [6.45, 7) is 2.77. The molecule has 1 fully saturated rings. The number of anilines is 1. The van der Waals surface area contributed by atoms with Gasteiger partial charge in [-0.25, -0.2) is 4.98 Å². The Kier molecular flexibility index (Phi) is 8.46. The van der Waals surface area contributed by atoms with Crippen molar-refractivity contribution in [2.24, 2.45) is 5.92 Å². The minimum Gasteiger partial charge on any atom is -0.471 e. The predicted molar refractivity (Wildman–Crippen MR) is 155 cm³/mol. The van der Waals surface area contributed by atoms with Crippen molar-refractivity contribution in [2.45, 2.75) is 32.0 Å². The van der Waals surface area contributed by atoms with Gasteiger partial charge < -0.3 is 29.2 Å². The number of imidazole rings is 1. The number of hydrogen-bond donors (Lipinski definition) is 1. The van der Waals surface area contributed by atoms with Crippen molar-refractivity contribution in [1.29, 1.82) is 0 Å². The molecule has 6 rings (SSSR count). The van der Waals surface area contributed by atoms with Crippen molar-refractivity contribution in [1.82, 2.24) is 19.5 Å². The van der Waals surface area contributed by atoms with Gasteiger partial charge >= 0.3 is 0 Å². The molecule has 0 aliphatic carbocycles. The van der Waals surface area contributed by atoms with Crippen LogP contribution in [0.15, 0.2) is 97.3 Å². The van der Waals surface area contributed by atoms with Gasteiger partial charge in [-0.05, 0) is 16.7 Å². The second kappa shape index (κ2) is 12.9. The minimum absolute atomic E-state index is 0.00300. The molecule has 0 radical (unpaired) electrons. The van der Waals surface area contributed by atoms with E-state index in [2.05, 4.69) is 39.2 Å². The molecule has 0 spiro atoms. The second-order valence-corrected chi connectivity index (χ2v) is 10.1. The fourth-order valence-electron chi connectivity index (χ4n) is 5.12. The molecule has 3 heterocycles. The number of aromatic nitrogens is 4. The zero-order chi connectivity index (χ0) is 27.9. The molecule has 9 nitrogen and oxygen atoms in total. The molecule has 3 atom stereocenters. The van der Waals surface area contributed by atoms with Gasteiger partial charge in [-0.1, -0.05) is 91.0 Å². The lowest BCUT2D eigenvalue weighted by Crippen LogP contribution is -2.30. The fraction of sp³-hybridized carbons (Fsp3) is 0.281. The Balaban J connectivity index is 1.21. The van der Waals surface area contributed by atoms with Crippen LogP contribution in [-0.4, -0.2) is 45.4 Å². The molecule has 1 aliphatic rings. The molecule has 41 heavy (non-hydrogen) atoms. The number of ether oxygens (including phenoxy) is 4. The molecule has 210 valence electrons. The van der Waals surface area contributed by atoms with Crippen LogP contribution in [0.3, 0.4) is 0 Å². The van der Waals surface area contributed by atoms with E-state index in [9.17, 15) is 0 Å². The van der Waals surface area contributed by atoms with E-state index in [1.165, 1.54) is 0 Å². The first kappa shape index (κ1) is 26.9. The highest BCUT2D eigenvalue weighted by Gasteiger charge is 2.40. The van der Waals surface area contributed by atoms with Gasteiger partial charge in [0.2, 0.25) is 11.8 Å². The molecular weight excluding hydrogens is 518 g/mol. The van der Waals surface area contributed by atoms with E-state index in [1.807, 2.05) is 71.3 Å². The van der Waals surface area contributed by atoms with Crippen LogP contribution < -0.4 is 10.5 Å². The number of rotatable bonds is 12. The Morgan fingerprint density at radius 2 is 1.34 bits per heavy atom. The summed E-state index contributed by atoms with van der Waals surface area (Å²) in [7, 11) is 0. The Labute approximate surface area is 238 Å². The van der Waals surface area contributed by atoms with Crippen LogP contribution in [0, 0.1) is 5.92 Å². The second-order valence-electron chi connectivity index (χ2n) is 10.1. The molecule has 0 bridgehead atoms. The Morgan fingerprint density at radius 1 is 0.756 bits per heavy atom. The maximum absolute atomic E-state index is 6.30. The summed E-state index contributed by atoms with van der Waals surface area (Å²) in [6.07, 6.45) is 1.60. The molecule has 0 amide bonds. The molecule has 0 saturated carbocycles. The Morgan fingerprint density at radius 3 is 1.98 bits per heavy atom.